The van der Waals surface area contributed by atoms with Crippen LogP contribution in [0, 0.1) is 17.2 Å². The third-order valence-corrected chi connectivity index (χ3v) is 9.07. The van der Waals surface area contributed by atoms with E-state index in [9.17, 15) is 18.5 Å². The van der Waals surface area contributed by atoms with Gasteiger partial charge in [-0.3, -0.25) is 9.69 Å². The zero-order chi connectivity index (χ0) is 24.1. The van der Waals surface area contributed by atoms with Gasteiger partial charge in [0, 0.05) is 44.7 Å². The molecule has 0 spiro atoms. The zero-order valence-electron chi connectivity index (χ0n) is 19.6. The number of amides is 1. The Hall–Kier alpha value is -2.73. The van der Waals surface area contributed by atoms with Gasteiger partial charge in [-0.05, 0) is 48.9 Å². The lowest BCUT2D eigenvalue weighted by Crippen LogP contribution is -2.48. The second-order valence-electron chi connectivity index (χ2n) is 9.08. The first-order valence-electron chi connectivity index (χ1n) is 12.0. The molecule has 180 valence electrons. The molecule has 1 saturated heterocycles. The van der Waals surface area contributed by atoms with Crippen LogP contribution < -0.4 is 5.32 Å². The minimum absolute atomic E-state index is 0.00494. The van der Waals surface area contributed by atoms with Crippen molar-refractivity contribution in [2.24, 2.45) is 5.92 Å². The van der Waals surface area contributed by atoms with Crippen molar-refractivity contribution < 1.29 is 13.2 Å². The van der Waals surface area contributed by atoms with Crippen LogP contribution in [0.2, 0.25) is 0 Å². The highest BCUT2D eigenvalue weighted by Crippen LogP contribution is 2.26. The molecule has 1 N–H and O–H groups in total. The van der Waals surface area contributed by atoms with E-state index >= 15 is 0 Å². The van der Waals surface area contributed by atoms with E-state index in [-0.39, 0.29) is 41.4 Å². The van der Waals surface area contributed by atoms with E-state index in [1.54, 1.807) is 12.1 Å². The summed E-state index contributed by atoms with van der Waals surface area (Å²) in [5, 5.41) is 12.4. The third-order valence-electron chi connectivity index (χ3n) is 7.11. The van der Waals surface area contributed by atoms with E-state index in [2.05, 4.69) is 41.4 Å². The summed E-state index contributed by atoms with van der Waals surface area (Å²) in [6.07, 6.45) is 2.95. The van der Waals surface area contributed by atoms with Crippen molar-refractivity contribution in [3.05, 3.63) is 65.2 Å². The summed E-state index contributed by atoms with van der Waals surface area (Å²) in [5.74, 6) is -0.192. The molecule has 1 fully saturated rings. The maximum atomic E-state index is 13.0. The van der Waals surface area contributed by atoms with Crippen LogP contribution in [0.15, 0.2) is 53.4 Å². The van der Waals surface area contributed by atoms with E-state index in [1.807, 2.05) is 6.07 Å². The van der Waals surface area contributed by atoms with E-state index in [0.29, 0.717) is 19.4 Å². The Labute approximate surface area is 202 Å². The molecule has 1 amide bonds. The largest absolute Gasteiger partial charge is 0.354 e. The summed E-state index contributed by atoms with van der Waals surface area (Å²) in [4.78, 5) is 15.4. The lowest BCUT2D eigenvalue weighted by atomic mass is 9.96. The Kier molecular flexibility index (Phi) is 7.67. The number of fused-ring (bicyclic) bond motifs is 1. The van der Waals surface area contributed by atoms with Gasteiger partial charge in [0.15, 0.2) is 0 Å². The summed E-state index contributed by atoms with van der Waals surface area (Å²) < 4.78 is 27.5. The predicted octanol–water partition coefficient (Wildman–Crippen LogP) is 2.91. The molecule has 7 nitrogen and oxygen atoms in total. The number of hydrogen-bond donors (Lipinski definition) is 1. The van der Waals surface area contributed by atoms with Gasteiger partial charge in [-0.2, -0.15) is 9.57 Å². The van der Waals surface area contributed by atoms with Crippen LogP contribution in [-0.2, 0) is 27.8 Å². The second kappa shape index (κ2) is 10.7. The summed E-state index contributed by atoms with van der Waals surface area (Å²) in [6.45, 7) is 5.21. The van der Waals surface area contributed by atoms with Crippen LogP contribution in [0.5, 0.6) is 0 Å². The van der Waals surface area contributed by atoms with Gasteiger partial charge < -0.3 is 5.32 Å². The first kappa shape index (κ1) is 24.4. The van der Waals surface area contributed by atoms with E-state index < -0.39 is 10.0 Å². The van der Waals surface area contributed by atoms with Gasteiger partial charge in [0.1, 0.15) is 6.07 Å². The van der Waals surface area contributed by atoms with Gasteiger partial charge in [-0.25, -0.2) is 8.42 Å². The summed E-state index contributed by atoms with van der Waals surface area (Å²) in [6, 6.07) is 17.0. The fourth-order valence-corrected chi connectivity index (χ4v) is 6.62. The minimum Gasteiger partial charge on any atom is -0.354 e. The van der Waals surface area contributed by atoms with Crippen LogP contribution in [0.3, 0.4) is 0 Å². The number of nitrogens with one attached hydrogen (secondary N) is 1. The Balaban J connectivity index is 1.30. The minimum atomic E-state index is -3.75. The summed E-state index contributed by atoms with van der Waals surface area (Å²) >= 11 is 0. The van der Waals surface area contributed by atoms with Gasteiger partial charge >= 0.3 is 0 Å². The Morgan fingerprint density at radius 1 is 1.09 bits per heavy atom. The smallest absolute Gasteiger partial charge is 0.244 e. The van der Waals surface area contributed by atoms with Crippen LogP contribution in [0.4, 0.5) is 0 Å². The SMILES string of the molecule is CC[C@@H](CNC(=O)C1CCN(S(=O)(=O)c2ccccc2C#N)CC1)N1CCc2ccccc2C1. The fraction of sp³-hybridized carbons (Fsp3) is 0.462. The van der Waals surface area contributed by atoms with Crippen molar-refractivity contribution in [2.75, 3.05) is 26.2 Å². The van der Waals surface area contributed by atoms with Crippen molar-refractivity contribution in [3.8, 4) is 6.07 Å². The number of rotatable bonds is 7. The predicted molar refractivity (Wildman–Crippen MR) is 130 cm³/mol. The van der Waals surface area contributed by atoms with Gasteiger partial charge in [-0.15, -0.1) is 0 Å². The van der Waals surface area contributed by atoms with Crippen LogP contribution in [0.25, 0.3) is 0 Å². The number of hydrogen-bond acceptors (Lipinski definition) is 5. The highest BCUT2D eigenvalue weighted by molar-refractivity contribution is 7.89. The van der Waals surface area contributed by atoms with E-state index in [4.69, 9.17) is 0 Å². The van der Waals surface area contributed by atoms with Crippen molar-refractivity contribution >= 4 is 15.9 Å². The Morgan fingerprint density at radius 3 is 2.47 bits per heavy atom. The lowest BCUT2D eigenvalue weighted by Gasteiger charge is -2.36. The molecule has 0 saturated carbocycles. The highest BCUT2D eigenvalue weighted by atomic mass is 32.2. The average Bonchev–Trinajstić information content (AvgIpc) is 2.88. The topological polar surface area (TPSA) is 93.5 Å². The van der Waals surface area contributed by atoms with Crippen LogP contribution >= 0.6 is 0 Å². The summed E-state index contributed by atoms with van der Waals surface area (Å²) in [7, 11) is -3.75. The van der Waals surface area contributed by atoms with Crippen molar-refractivity contribution in [1.29, 1.82) is 5.26 Å². The Bertz CT molecular complexity index is 1170. The second-order valence-corrected chi connectivity index (χ2v) is 11.0. The highest BCUT2D eigenvalue weighted by Gasteiger charge is 2.33. The number of carbonyl (C=O) groups excluding carboxylic acids is 1. The van der Waals surface area contributed by atoms with Gasteiger partial charge in [0.05, 0.1) is 10.5 Å². The van der Waals surface area contributed by atoms with Crippen LogP contribution in [-0.4, -0.2) is 55.8 Å². The molecule has 0 unspecified atom stereocenters. The molecule has 4 rings (SSSR count). The average molecular weight is 481 g/mol. The maximum absolute atomic E-state index is 13.0. The molecule has 8 heteroatoms. The van der Waals surface area contributed by atoms with Gasteiger partial charge in [-0.1, -0.05) is 43.3 Å². The first-order chi connectivity index (χ1) is 16.4. The Morgan fingerprint density at radius 2 is 1.76 bits per heavy atom. The molecule has 2 aliphatic heterocycles. The fourth-order valence-electron chi connectivity index (χ4n) is 5.00. The molecule has 0 aliphatic carbocycles. The van der Waals surface area contributed by atoms with E-state index in [0.717, 1.165) is 25.9 Å². The molecule has 2 heterocycles. The van der Waals surface area contributed by atoms with Gasteiger partial charge in [0.2, 0.25) is 15.9 Å². The van der Waals surface area contributed by atoms with E-state index in [1.165, 1.54) is 27.6 Å². The number of sulfonamides is 1. The molecule has 1 atom stereocenters. The maximum Gasteiger partial charge on any atom is 0.244 e. The molecular formula is C26H32N4O3S. The third kappa shape index (κ3) is 5.17. The quantitative estimate of drug-likeness (QED) is 0.658. The van der Waals surface area contributed by atoms with Crippen molar-refractivity contribution in [1.82, 2.24) is 14.5 Å². The number of benzene rings is 2. The number of carbonyl (C=O) groups is 1. The number of nitriles is 1. The number of nitrogens with zero attached hydrogens (tertiary/aromatic N) is 3. The molecule has 2 aromatic rings. The first-order valence-corrected chi connectivity index (χ1v) is 13.5. The van der Waals surface area contributed by atoms with Crippen LogP contribution in [0.1, 0.15) is 42.9 Å². The monoisotopic (exact) mass is 480 g/mol. The van der Waals surface area contributed by atoms with Crippen molar-refractivity contribution in [3.63, 3.8) is 0 Å². The molecule has 0 bridgehead atoms. The molecule has 34 heavy (non-hydrogen) atoms. The number of piperidine rings is 1. The lowest BCUT2D eigenvalue weighted by molar-refractivity contribution is -0.126. The van der Waals surface area contributed by atoms with Gasteiger partial charge in [0.25, 0.3) is 0 Å². The molecule has 0 radical (unpaired) electrons. The standard InChI is InChI=1S/C26H32N4O3S/c1-2-24(29-14-11-20-7-3-4-9-23(20)19-29)18-28-26(31)21-12-15-30(16-13-21)34(32,33)25-10-6-5-8-22(25)17-27/h3-10,21,24H,2,11-16,18-19H2,1H3,(H,28,31)/t24-/m0/s1. The molecule has 0 aromatic heterocycles. The molecule has 2 aliphatic rings. The molecular weight excluding hydrogens is 448 g/mol. The summed E-state index contributed by atoms with van der Waals surface area (Å²) in [5.41, 5.74) is 2.93. The zero-order valence-corrected chi connectivity index (χ0v) is 20.4. The molecule has 2 aromatic carbocycles. The normalized spacial score (nSPS) is 18.6. The van der Waals surface area contributed by atoms with Crippen molar-refractivity contribution in [2.45, 2.75) is 50.1 Å².